The average Bonchev–Trinajstić information content (AvgIpc) is 2.69. The highest BCUT2D eigenvalue weighted by Gasteiger charge is 2.36. The minimum Gasteiger partial charge on any atom is -0.122 e. The average molecular weight is 187 g/mol. The molecule has 0 aliphatic heterocycles. The Morgan fingerprint density at radius 1 is 1.18 bits per heavy atom. The zero-order chi connectivity index (χ0) is 7.84. The Morgan fingerprint density at radius 2 is 1.73 bits per heavy atom. The quantitative estimate of drug-likeness (QED) is 0.590. The number of alkyl halides is 1. The maximum atomic E-state index is 5.89. The first-order valence-corrected chi connectivity index (χ1v) is 4.48. The summed E-state index contributed by atoms with van der Waals surface area (Å²) in [5, 5.41) is 1.15. The van der Waals surface area contributed by atoms with Gasteiger partial charge < -0.3 is 0 Å². The molecule has 2 atom stereocenters. The van der Waals surface area contributed by atoms with E-state index >= 15 is 0 Å². The number of hydrogen-bond acceptors (Lipinski definition) is 0. The second-order valence-electron chi connectivity index (χ2n) is 2.91. The predicted molar refractivity (Wildman–Crippen MR) is 48.5 cm³/mol. The van der Waals surface area contributed by atoms with Crippen LogP contribution in [0.25, 0.3) is 0 Å². The molecule has 1 aromatic carbocycles. The van der Waals surface area contributed by atoms with Gasteiger partial charge in [0.25, 0.3) is 0 Å². The summed E-state index contributed by atoms with van der Waals surface area (Å²) in [7, 11) is 0. The van der Waals surface area contributed by atoms with Gasteiger partial charge >= 0.3 is 0 Å². The minimum absolute atomic E-state index is 0.358. The van der Waals surface area contributed by atoms with Gasteiger partial charge in [-0.3, -0.25) is 0 Å². The number of benzene rings is 1. The third-order valence-corrected chi connectivity index (χ3v) is 2.75. The molecule has 0 radical (unpaired) electrons. The molecule has 0 spiro atoms. The Morgan fingerprint density at radius 3 is 2.18 bits per heavy atom. The molecule has 11 heavy (non-hydrogen) atoms. The van der Waals surface area contributed by atoms with Crippen molar-refractivity contribution >= 4 is 23.2 Å². The first kappa shape index (κ1) is 7.45. The lowest BCUT2D eigenvalue weighted by Gasteiger charge is -1.96. The third kappa shape index (κ3) is 1.52. The third-order valence-electron chi connectivity index (χ3n) is 2.01. The summed E-state index contributed by atoms with van der Waals surface area (Å²) in [5.74, 6) is 0.578. The van der Waals surface area contributed by atoms with Crippen LogP contribution in [-0.2, 0) is 0 Å². The predicted octanol–water partition coefficient (Wildman–Crippen LogP) is 3.43. The number of halogens is 2. The van der Waals surface area contributed by atoms with E-state index in [-0.39, 0.29) is 0 Å². The molecular weight excluding hydrogens is 179 g/mol. The van der Waals surface area contributed by atoms with E-state index in [1.54, 1.807) is 0 Å². The minimum atomic E-state index is 0.358. The highest BCUT2D eigenvalue weighted by atomic mass is 35.5. The Balaban J connectivity index is 2.21. The largest absolute Gasteiger partial charge is 0.122 e. The molecule has 1 fully saturated rings. The van der Waals surface area contributed by atoms with E-state index in [0.29, 0.717) is 11.3 Å². The van der Waals surface area contributed by atoms with E-state index in [1.807, 2.05) is 12.1 Å². The van der Waals surface area contributed by atoms with Gasteiger partial charge in [0.05, 0.1) is 0 Å². The zero-order valence-corrected chi connectivity index (χ0v) is 7.44. The van der Waals surface area contributed by atoms with Crippen LogP contribution in [0.15, 0.2) is 24.3 Å². The van der Waals surface area contributed by atoms with Crippen molar-refractivity contribution in [1.82, 2.24) is 0 Å². The van der Waals surface area contributed by atoms with Crippen molar-refractivity contribution in [3.63, 3.8) is 0 Å². The van der Waals surface area contributed by atoms with Crippen molar-refractivity contribution in [3.05, 3.63) is 34.9 Å². The summed E-state index contributed by atoms with van der Waals surface area (Å²) in [6.45, 7) is 0. The van der Waals surface area contributed by atoms with Gasteiger partial charge in [-0.2, -0.15) is 0 Å². The van der Waals surface area contributed by atoms with Crippen molar-refractivity contribution < 1.29 is 0 Å². The van der Waals surface area contributed by atoms with Crippen molar-refractivity contribution in [1.29, 1.82) is 0 Å². The molecular formula is C9H8Cl2. The van der Waals surface area contributed by atoms with E-state index in [2.05, 4.69) is 12.1 Å². The molecule has 1 aromatic rings. The van der Waals surface area contributed by atoms with Gasteiger partial charge in [-0.1, -0.05) is 23.7 Å². The molecule has 0 amide bonds. The van der Waals surface area contributed by atoms with Gasteiger partial charge in [-0.05, 0) is 24.1 Å². The summed E-state index contributed by atoms with van der Waals surface area (Å²) in [6, 6.07) is 7.93. The Hall–Kier alpha value is -0.200. The van der Waals surface area contributed by atoms with Gasteiger partial charge in [0.1, 0.15) is 0 Å². The summed E-state index contributed by atoms with van der Waals surface area (Å²) in [4.78, 5) is 0. The van der Waals surface area contributed by atoms with Gasteiger partial charge in [0.15, 0.2) is 0 Å². The topological polar surface area (TPSA) is 0 Å². The van der Waals surface area contributed by atoms with Crippen molar-refractivity contribution in [3.8, 4) is 0 Å². The molecule has 0 unspecified atom stereocenters. The number of hydrogen-bond donors (Lipinski definition) is 0. The van der Waals surface area contributed by atoms with Crippen LogP contribution in [0.1, 0.15) is 17.9 Å². The molecule has 2 rings (SSSR count). The molecule has 0 saturated heterocycles. The van der Waals surface area contributed by atoms with Gasteiger partial charge in [0, 0.05) is 16.3 Å². The van der Waals surface area contributed by atoms with Gasteiger partial charge in [-0.15, -0.1) is 11.6 Å². The van der Waals surface area contributed by atoms with Crippen LogP contribution in [0.2, 0.25) is 5.02 Å². The number of rotatable bonds is 1. The van der Waals surface area contributed by atoms with Crippen LogP contribution in [0.4, 0.5) is 0 Å². The van der Waals surface area contributed by atoms with E-state index in [0.717, 1.165) is 11.4 Å². The molecule has 0 aromatic heterocycles. The van der Waals surface area contributed by atoms with Crippen molar-refractivity contribution in [2.45, 2.75) is 17.7 Å². The molecule has 1 aliphatic carbocycles. The first-order valence-electron chi connectivity index (χ1n) is 3.67. The molecule has 0 nitrogen and oxygen atoms in total. The van der Waals surface area contributed by atoms with Crippen LogP contribution >= 0.6 is 23.2 Å². The molecule has 0 bridgehead atoms. The molecule has 2 heteroatoms. The first-order chi connectivity index (χ1) is 5.27. The molecule has 0 heterocycles. The molecule has 58 valence electrons. The second kappa shape index (κ2) is 2.69. The second-order valence-corrected chi connectivity index (χ2v) is 3.91. The standard InChI is InChI=1S/C9H8Cl2/c10-7-3-1-6(2-4-7)8-5-9(8)11/h1-4,8-9H,5H2/t8-,9+/m0/s1. The fraction of sp³-hybridized carbons (Fsp3) is 0.333. The summed E-state index contributed by atoms with van der Waals surface area (Å²) in [5.41, 5.74) is 1.31. The maximum Gasteiger partial charge on any atom is 0.0411 e. The van der Waals surface area contributed by atoms with Gasteiger partial charge in [-0.25, -0.2) is 0 Å². The Labute approximate surface area is 76.1 Å². The summed E-state index contributed by atoms with van der Waals surface area (Å²) >= 11 is 11.6. The normalized spacial score (nSPS) is 28.5. The van der Waals surface area contributed by atoms with Crippen LogP contribution < -0.4 is 0 Å². The Kier molecular flexibility index (Phi) is 1.82. The van der Waals surface area contributed by atoms with E-state index < -0.39 is 0 Å². The summed E-state index contributed by atoms with van der Waals surface area (Å²) < 4.78 is 0. The zero-order valence-electron chi connectivity index (χ0n) is 5.93. The van der Waals surface area contributed by atoms with Crippen LogP contribution in [0.3, 0.4) is 0 Å². The summed E-state index contributed by atoms with van der Waals surface area (Å²) in [6.07, 6.45) is 1.11. The van der Waals surface area contributed by atoms with Crippen LogP contribution in [0, 0.1) is 0 Å². The fourth-order valence-corrected chi connectivity index (χ4v) is 1.68. The lowest BCUT2D eigenvalue weighted by Crippen LogP contribution is -1.79. The van der Waals surface area contributed by atoms with Crippen molar-refractivity contribution in [2.24, 2.45) is 0 Å². The Bertz CT molecular complexity index is 253. The lowest BCUT2D eigenvalue weighted by molar-refractivity contribution is 1.13. The highest BCUT2D eigenvalue weighted by molar-refractivity contribution is 6.30. The molecule has 1 aliphatic rings. The SMILES string of the molecule is Clc1ccc([C@@H]2C[C@H]2Cl)cc1. The van der Waals surface area contributed by atoms with E-state index in [4.69, 9.17) is 23.2 Å². The van der Waals surface area contributed by atoms with E-state index in [9.17, 15) is 0 Å². The highest BCUT2D eigenvalue weighted by Crippen LogP contribution is 2.45. The lowest BCUT2D eigenvalue weighted by atomic mass is 10.1. The van der Waals surface area contributed by atoms with Crippen LogP contribution in [0.5, 0.6) is 0 Å². The monoisotopic (exact) mass is 186 g/mol. The smallest absolute Gasteiger partial charge is 0.0411 e. The maximum absolute atomic E-state index is 5.89. The fourth-order valence-electron chi connectivity index (χ4n) is 1.22. The molecule has 1 saturated carbocycles. The van der Waals surface area contributed by atoms with Crippen molar-refractivity contribution in [2.75, 3.05) is 0 Å². The van der Waals surface area contributed by atoms with Gasteiger partial charge in [0.2, 0.25) is 0 Å². The van der Waals surface area contributed by atoms with Crippen LogP contribution in [-0.4, -0.2) is 5.38 Å². The van der Waals surface area contributed by atoms with E-state index in [1.165, 1.54) is 5.56 Å². The molecule has 0 N–H and O–H groups in total.